The number of aromatic nitrogens is 1. The molecule has 0 atom stereocenters. The summed E-state index contributed by atoms with van der Waals surface area (Å²) in [7, 11) is 0. The van der Waals surface area contributed by atoms with Crippen molar-refractivity contribution in [2.75, 3.05) is 11.1 Å². The number of anilines is 1. The van der Waals surface area contributed by atoms with Gasteiger partial charge in [0, 0.05) is 17.3 Å². The maximum absolute atomic E-state index is 11.8. The standard InChI is InChI=1S/C16H14N2OS2/c19-15(18-16-17-8-9-21-16)11-20-10-13-6-3-5-12-4-1-2-7-14(12)13/h1-9H,10-11H2,(H,17,18,19). The van der Waals surface area contributed by atoms with E-state index in [0.29, 0.717) is 10.9 Å². The van der Waals surface area contributed by atoms with Gasteiger partial charge < -0.3 is 5.32 Å². The monoisotopic (exact) mass is 314 g/mol. The van der Waals surface area contributed by atoms with Gasteiger partial charge >= 0.3 is 0 Å². The lowest BCUT2D eigenvalue weighted by molar-refractivity contribution is -0.113. The molecule has 0 unspecified atom stereocenters. The molecule has 0 aliphatic carbocycles. The van der Waals surface area contributed by atoms with E-state index in [1.807, 2.05) is 17.5 Å². The summed E-state index contributed by atoms with van der Waals surface area (Å²) in [6.45, 7) is 0. The van der Waals surface area contributed by atoms with E-state index in [1.54, 1.807) is 18.0 Å². The second kappa shape index (κ2) is 6.74. The molecule has 1 heterocycles. The third-order valence-corrected chi connectivity index (χ3v) is 4.72. The third-order valence-electron chi connectivity index (χ3n) is 3.05. The summed E-state index contributed by atoms with van der Waals surface area (Å²) >= 11 is 3.05. The molecule has 3 nitrogen and oxygen atoms in total. The van der Waals surface area contributed by atoms with Crippen LogP contribution in [0.2, 0.25) is 0 Å². The molecule has 1 amide bonds. The molecule has 2 aromatic carbocycles. The number of carbonyl (C=O) groups is 1. The number of carbonyl (C=O) groups excluding carboxylic acids is 1. The van der Waals surface area contributed by atoms with Crippen molar-refractivity contribution in [2.24, 2.45) is 0 Å². The molecule has 106 valence electrons. The molecule has 0 bridgehead atoms. The molecule has 0 radical (unpaired) electrons. The van der Waals surface area contributed by atoms with Crippen molar-refractivity contribution < 1.29 is 4.79 Å². The SMILES string of the molecule is O=C(CSCc1cccc2ccccc12)Nc1nccs1. The Hall–Kier alpha value is -1.85. The predicted octanol–water partition coefficient (Wildman–Crippen LogP) is 4.17. The Morgan fingerprint density at radius 2 is 2.05 bits per heavy atom. The van der Waals surface area contributed by atoms with Crippen molar-refractivity contribution in [1.82, 2.24) is 4.98 Å². The molecule has 3 aromatic rings. The van der Waals surface area contributed by atoms with Gasteiger partial charge in [-0.3, -0.25) is 4.79 Å². The minimum atomic E-state index is -0.00446. The molecule has 0 saturated heterocycles. The van der Waals surface area contributed by atoms with Gasteiger partial charge in [-0.05, 0) is 16.3 Å². The summed E-state index contributed by atoms with van der Waals surface area (Å²) in [6, 6.07) is 14.6. The van der Waals surface area contributed by atoms with Gasteiger partial charge in [0.2, 0.25) is 5.91 Å². The van der Waals surface area contributed by atoms with Crippen molar-refractivity contribution in [1.29, 1.82) is 0 Å². The predicted molar refractivity (Wildman–Crippen MR) is 90.9 cm³/mol. The lowest BCUT2D eigenvalue weighted by Gasteiger charge is -2.06. The van der Waals surface area contributed by atoms with E-state index in [1.165, 1.54) is 27.7 Å². The molecule has 0 aliphatic rings. The van der Waals surface area contributed by atoms with E-state index in [0.717, 1.165) is 5.75 Å². The Balaban J connectivity index is 1.58. The highest BCUT2D eigenvalue weighted by atomic mass is 32.2. The largest absolute Gasteiger partial charge is 0.301 e. The smallest absolute Gasteiger partial charge is 0.236 e. The lowest BCUT2D eigenvalue weighted by atomic mass is 10.1. The number of thiazole rings is 1. The molecular formula is C16H14N2OS2. The number of hydrogen-bond acceptors (Lipinski definition) is 4. The van der Waals surface area contributed by atoms with Gasteiger partial charge in [-0.1, -0.05) is 42.5 Å². The van der Waals surface area contributed by atoms with E-state index in [4.69, 9.17) is 0 Å². The van der Waals surface area contributed by atoms with Crippen LogP contribution in [0.3, 0.4) is 0 Å². The van der Waals surface area contributed by atoms with Crippen LogP contribution in [0.25, 0.3) is 10.8 Å². The fourth-order valence-electron chi connectivity index (χ4n) is 2.11. The van der Waals surface area contributed by atoms with Crippen LogP contribution in [0.15, 0.2) is 54.0 Å². The summed E-state index contributed by atoms with van der Waals surface area (Å²) in [5.41, 5.74) is 1.26. The maximum Gasteiger partial charge on any atom is 0.236 e. The van der Waals surface area contributed by atoms with Gasteiger partial charge in [-0.2, -0.15) is 0 Å². The Kier molecular flexibility index (Phi) is 4.52. The highest BCUT2D eigenvalue weighted by Gasteiger charge is 2.06. The summed E-state index contributed by atoms with van der Waals surface area (Å²) in [4.78, 5) is 15.8. The van der Waals surface area contributed by atoms with Crippen LogP contribution in [-0.2, 0) is 10.5 Å². The minimum absolute atomic E-state index is 0.00446. The second-order valence-corrected chi connectivity index (χ2v) is 6.40. The molecule has 0 fully saturated rings. The molecule has 21 heavy (non-hydrogen) atoms. The Labute approximate surface area is 131 Å². The topological polar surface area (TPSA) is 42.0 Å². The number of fused-ring (bicyclic) bond motifs is 1. The summed E-state index contributed by atoms with van der Waals surface area (Å²) in [5.74, 6) is 1.25. The second-order valence-electron chi connectivity index (χ2n) is 4.52. The normalized spacial score (nSPS) is 10.7. The first-order valence-corrected chi connectivity index (χ1v) is 8.60. The quantitative estimate of drug-likeness (QED) is 0.768. The number of benzene rings is 2. The van der Waals surface area contributed by atoms with Crippen LogP contribution in [0, 0.1) is 0 Å². The van der Waals surface area contributed by atoms with Crippen molar-refractivity contribution in [3.8, 4) is 0 Å². The van der Waals surface area contributed by atoms with Crippen molar-refractivity contribution in [3.05, 3.63) is 59.6 Å². The van der Waals surface area contributed by atoms with Gasteiger partial charge in [0.25, 0.3) is 0 Å². The molecule has 0 aliphatic heterocycles. The van der Waals surface area contributed by atoms with Gasteiger partial charge in [0.05, 0.1) is 5.75 Å². The Morgan fingerprint density at radius 1 is 1.19 bits per heavy atom. The van der Waals surface area contributed by atoms with E-state index < -0.39 is 0 Å². The number of thioether (sulfide) groups is 1. The molecule has 1 aromatic heterocycles. The fourth-order valence-corrected chi connectivity index (χ4v) is 3.49. The minimum Gasteiger partial charge on any atom is -0.301 e. The zero-order valence-corrected chi connectivity index (χ0v) is 12.9. The first-order chi connectivity index (χ1) is 10.3. The highest BCUT2D eigenvalue weighted by molar-refractivity contribution is 7.99. The summed E-state index contributed by atoms with van der Waals surface area (Å²) < 4.78 is 0. The number of rotatable bonds is 5. The van der Waals surface area contributed by atoms with Gasteiger partial charge in [0.1, 0.15) is 0 Å². The molecule has 0 spiro atoms. The van der Waals surface area contributed by atoms with Gasteiger partial charge in [-0.15, -0.1) is 23.1 Å². The van der Waals surface area contributed by atoms with E-state index in [-0.39, 0.29) is 5.91 Å². The van der Waals surface area contributed by atoms with E-state index >= 15 is 0 Å². The molecule has 0 saturated carbocycles. The van der Waals surface area contributed by atoms with Crippen LogP contribution in [-0.4, -0.2) is 16.6 Å². The van der Waals surface area contributed by atoms with E-state index in [2.05, 4.69) is 40.6 Å². The first-order valence-electron chi connectivity index (χ1n) is 6.56. The summed E-state index contributed by atoms with van der Waals surface area (Å²) in [6.07, 6.45) is 1.68. The van der Waals surface area contributed by atoms with Gasteiger partial charge in [0.15, 0.2) is 5.13 Å². The first kappa shape index (κ1) is 14.1. The highest BCUT2D eigenvalue weighted by Crippen LogP contribution is 2.22. The van der Waals surface area contributed by atoms with Crippen molar-refractivity contribution in [2.45, 2.75) is 5.75 Å². The summed E-state index contributed by atoms with van der Waals surface area (Å²) in [5, 5.41) is 7.79. The van der Waals surface area contributed by atoms with Crippen LogP contribution in [0.4, 0.5) is 5.13 Å². The number of nitrogens with one attached hydrogen (secondary N) is 1. The number of amides is 1. The van der Waals surface area contributed by atoms with Crippen LogP contribution < -0.4 is 5.32 Å². The van der Waals surface area contributed by atoms with Crippen molar-refractivity contribution in [3.63, 3.8) is 0 Å². The van der Waals surface area contributed by atoms with Crippen LogP contribution >= 0.6 is 23.1 Å². The molecule has 1 N–H and O–H groups in total. The fraction of sp³-hybridized carbons (Fsp3) is 0.125. The Bertz CT molecular complexity index is 736. The Morgan fingerprint density at radius 3 is 2.90 bits per heavy atom. The number of hydrogen-bond donors (Lipinski definition) is 1. The van der Waals surface area contributed by atoms with Crippen LogP contribution in [0.5, 0.6) is 0 Å². The lowest BCUT2D eigenvalue weighted by Crippen LogP contribution is -2.13. The van der Waals surface area contributed by atoms with Gasteiger partial charge in [-0.25, -0.2) is 4.98 Å². The average molecular weight is 314 g/mol. The molecular weight excluding hydrogens is 300 g/mol. The van der Waals surface area contributed by atoms with Crippen molar-refractivity contribution >= 4 is 44.9 Å². The maximum atomic E-state index is 11.8. The molecule has 3 rings (SSSR count). The zero-order valence-electron chi connectivity index (χ0n) is 11.3. The third kappa shape index (κ3) is 3.62. The van der Waals surface area contributed by atoms with E-state index in [9.17, 15) is 4.79 Å². The van der Waals surface area contributed by atoms with Crippen LogP contribution in [0.1, 0.15) is 5.56 Å². The average Bonchev–Trinajstić information content (AvgIpc) is 3.00. The molecule has 5 heteroatoms. The zero-order chi connectivity index (χ0) is 14.5. The number of nitrogens with zero attached hydrogens (tertiary/aromatic N) is 1.